The minimum absolute atomic E-state index is 0.667. The molecule has 0 saturated heterocycles. The molecule has 0 radical (unpaired) electrons. The van der Waals surface area contributed by atoms with Gasteiger partial charge in [0.1, 0.15) is 5.54 Å². The number of thiophene rings is 1. The fourth-order valence-electron chi connectivity index (χ4n) is 2.96. The van der Waals surface area contributed by atoms with Crippen LogP contribution >= 0.6 is 11.3 Å². The standard InChI is InChI=1S/C15H23NO2S/c1-2-12-5-3-8-15(9-7-12,14(17)18)16-11-13-6-4-10-19-13/h4,6,10,12,16H,2-3,5,7-9,11H2,1H3,(H,17,18). The van der Waals surface area contributed by atoms with Crippen LogP contribution in [0, 0.1) is 5.92 Å². The average molecular weight is 281 g/mol. The normalized spacial score (nSPS) is 27.9. The quantitative estimate of drug-likeness (QED) is 0.810. The number of nitrogens with one attached hydrogen (secondary N) is 1. The second-order valence-corrected chi connectivity index (χ2v) is 6.56. The number of hydrogen-bond donors (Lipinski definition) is 2. The number of aliphatic carboxylic acids is 1. The monoisotopic (exact) mass is 281 g/mol. The summed E-state index contributed by atoms with van der Waals surface area (Å²) in [7, 11) is 0. The van der Waals surface area contributed by atoms with Crippen LogP contribution < -0.4 is 5.32 Å². The van der Waals surface area contributed by atoms with Gasteiger partial charge in [0.05, 0.1) is 0 Å². The lowest BCUT2D eigenvalue weighted by Crippen LogP contribution is -2.51. The van der Waals surface area contributed by atoms with Crippen LogP contribution in [0.3, 0.4) is 0 Å². The lowest BCUT2D eigenvalue weighted by Gasteiger charge is -2.29. The van der Waals surface area contributed by atoms with Crippen molar-refractivity contribution in [3.63, 3.8) is 0 Å². The lowest BCUT2D eigenvalue weighted by molar-refractivity contribution is -0.145. The Morgan fingerprint density at radius 1 is 1.53 bits per heavy atom. The fraction of sp³-hybridized carbons (Fsp3) is 0.667. The van der Waals surface area contributed by atoms with Crippen LogP contribution in [0.25, 0.3) is 0 Å². The predicted octanol–water partition coefficient (Wildman–Crippen LogP) is 3.65. The van der Waals surface area contributed by atoms with Gasteiger partial charge in [0, 0.05) is 11.4 Å². The van der Waals surface area contributed by atoms with E-state index < -0.39 is 11.5 Å². The highest BCUT2D eigenvalue weighted by atomic mass is 32.1. The molecule has 0 amide bonds. The SMILES string of the molecule is CCC1CCCC(NCc2cccs2)(C(=O)O)CC1. The molecule has 3 nitrogen and oxygen atoms in total. The van der Waals surface area contributed by atoms with Gasteiger partial charge in [-0.1, -0.05) is 32.3 Å². The van der Waals surface area contributed by atoms with Gasteiger partial charge in [-0.25, -0.2) is 0 Å². The Hall–Kier alpha value is -0.870. The van der Waals surface area contributed by atoms with E-state index in [1.54, 1.807) is 11.3 Å². The van der Waals surface area contributed by atoms with Gasteiger partial charge in [0.15, 0.2) is 0 Å². The Morgan fingerprint density at radius 2 is 2.37 bits per heavy atom. The highest BCUT2D eigenvalue weighted by Gasteiger charge is 2.39. The van der Waals surface area contributed by atoms with E-state index in [-0.39, 0.29) is 0 Å². The summed E-state index contributed by atoms with van der Waals surface area (Å²) in [5, 5.41) is 15.0. The van der Waals surface area contributed by atoms with Crippen molar-refractivity contribution in [2.45, 2.75) is 57.5 Å². The predicted molar refractivity (Wildman–Crippen MR) is 78.4 cm³/mol. The molecule has 1 aliphatic carbocycles. The molecule has 0 aromatic carbocycles. The summed E-state index contributed by atoms with van der Waals surface area (Å²) in [6, 6.07) is 4.06. The van der Waals surface area contributed by atoms with Crippen LogP contribution in [-0.4, -0.2) is 16.6 Å². The van der Waals surface area contributed by atoms with Gasteiger partial charge in [-0.2, -0.15) is 0 Å². The fourth-order valence-corrected chi connectivity index (χ4v) is 3.60. The Kier molecular flexibility index (Phi) is 4.99. The molecule has 1 aromatic rings. The second-order valence-electron chi connectivity index (χ2n) is 5.53. The van der Waals surface area contributed by atoms with E-state index in [0.29, 0.717) is 12.5 Å². The number of rotatable bonds is 5. The van der Waals surface area contributed by atoms with Gasteiger partial charge in [-0.05, 0) is 36.6 Å². The van der Waals surface area contributed by atoms with Gasteiger partial charge in [0.2, 0.25) is 0 Å². The average Bonchev–Trinajstić information content (AvgIpc) is 2.82. The van der Waals surface area contributed by atoms with Crippen molar-refractivity contribution in [1.82, 2.24) is 5.32 Å². The lowest BCUT2D eigenvalue weighted by atomic mass is 9.89. The topological polar surface area (TPSA) is 49.3 Å². The maximum atomic E-state index is 11.7. The highest BCUT2D eigenvalue weighted by Crippen LogP contribution is 2.32. The number of carbonyl (C=O) groups is 1. The molecule has 1 saturated carbocycles. The van der Waals surface area contributed by atoms with Crippen molar-refractivity contribution in [3.8, 4) is 0 Å². The van der Waals surface area contributed by atoms with Crippen LogP contribution in [0.1, 0.15) is 50.3 Å². The van der Waals surface area contributed by atoms with Gasteiger partial charge in [-0.3, -0.25) is 10.1 Å². The number of carboxylic acids is 1. The van der Waals surface area contributed by atoms with Crippen molar-refractivity contribution >= 4 is 17.3 Å². The third-order valence-electron chi connectivity index (χ3n) is 4.36. The zero-order valence-corrected chi connectivity index (χ0v) is 12.3. The van der Waals surface area contributed by atoms with E-state index in [4.69, 9.17) is 0 Å². The van der Waals surface area contributed by atoms with Crippen molar-refractivity contribution in [1.29, 1.82) is 0 Å². The van der Waals surface area contributed by atoms with Crippen LogP contribution in [-0.2, 0) is 11.3 Å². The molecule has 0 aliphatic heterocycles. The molecule has 19 heavy (non-hydrogen) atoms. The van der Waals surface area contributed by atoms with Crippen LogP contribution in [0.4, 0.5) is 0 Å². The molecule has 106 valence electrons. The Morgan fingerprint density at radius 3 is 3.00 bits per heavy atom. The molecule has 1 fully saturated rings. The summed E-state index contributed by atoms with van der Waals surface area (Å²) in [5.41, 5.74) is -0.714. The van der Waals surface area contributed by atoms with Crippen LogP contribution in [0.15, 0.2) is 17.5 Å². The van der Waals surface area contributed by atoms with Crippen molar-refractivity contribution in [2.24, 2.45) is 5.92 Å². The number of carboxylic acid groups (broad SMARTS) is 1. The summed E-state index contributed by atoms with van der Waals surface area (Å²) in [5.74, 6) is 0.0190. The Bertz CT molecular complexity index is 404. The molecule has 2 N–H and O–H groups in total. The maximum absolute atomic E-state index is 11.7. The van der Waals surface area contributed by atoms with Crippen molar-refractivity contribution in [2.75, 3.05) is 0 Å². The van der Waals surface area contributed by atoms with E-state index in [9.17, 15) is 9.90 Å². The smallest absolute Gasteiger partial charge is 0.323 e. The second kappa shape index (κ2) is 6.53. The summed E-state index contributed by atoms with van der Waals surface area (Å²) in [6.07, 6.45) is 5.89. The third-order valence-corrected chi connectivity index (χ3v) is 5.24. The Labute approximate surface area is 119 Å². The maximum Gasteiger partial charge on any atom is 0.323 e. The molecule has 2 atom stereocenters. The first kappa shape index (κ1) is 14.5. The molecule has 4 heteroatoms. The molecule has 0 spiro atoms. The molecule has 1 heterocycles. The van der Waals surface area contributed by atoms with E-state index >= 15 is 0 Å². The molecular formula is C15H23NO2S. The van der Waals surface area contributed by atoms with Gasteiger partial charge < -0.3 is 5.11 Å². The third kappa shape index (κ3) is 3.57. The number of hydrogen-bond acceptors (Lipinski definition) is 3. The first-order valence-electron chi connectivity index (χ1n) is 7.17. The molecule has 1 aromatic heterocycles. The molecule has 2 rings (SSSR count). The van der Waals surface area contributed by atoms with Crippen LogP contribution in [0.2, 0.25) is 0 Å². The van der Waals surface area contributed by atoms with Gasteiger partial charge in [-0.15, -0.1) is 11.3 Å². The molecule has 1 aliphatic rings. The first-order chi connectivity index (χ1) is 9.16. The highest BCUT2D eigenvalue weighted by molar-refractivity contribution is 7.09. The van der Waals surface area contributed by atoms with Gasteiger partial charge >= 0.3 is 5.97 Å². The van der Waals surface area contributed by atoms with Crippen molar-refractivity contribution in [3.05, 3.63) is 22.4 Å². The largest absolute Gasteiger partial charge is 0.480 e. The molecular weight excluding hydrogens is 258 g/mol. The van der Waals surface area contributed by atoms with Gasteiger partial charge in [0.25, 0.3) is 0 Å². The minimum atomic E-state index is -0.714. The molecule has 0 bridgehead atoms. The summed E-state index contributed by atoms with van der Waals surface area (Å²) >= 11 is 1.68. The van der Waals surface area contributed by atoms with E-state index in [0.717, 1.165) is 25.7 Å². The van der Waals surface area contributed by atoms with E-state index in [1.807, 2.05) is 11.4 Å². The van der Waals surface area contributed by atoms with E-state index in [1.165, 1.54) is 17.7 Å². The summed E-state index contributed by atoms with van der Waals surface area (Å²) in [4.78, 5) is 12.9. The Balaban J connectivity index is 2.02. The summed E-state index contributed by atoms with van der Waals surface area (Å²) in [6.45, 7) is 2.87. The van der Waals surface area contributed by atoms with Crippen molar-refractivity contribution < 1.29 is 9.90 Å². The van der Waals surface area contributed by atoms with E-state index in [2.05, 4.69) is 18.3 Å². The van der Waals surface area contributed by atoms with Crippen LogP contribution in [0.5, 0.6) is 0 Å². The molecule has 2 unspecified atom stereocenters. The zero-order valence-electron chi connectivity index (χ0n) is 11.5. The summed E-state index contributed by atoms with van der Waals surface area (Å²) < 4.78 is 0. The zero-order chi connectivity index (χ0) is 13.7. The first-order valence-corrected chi connectivity index (χ1v) is 8.05. The minimum Gasteiger partial charge on any atom is -0.480 e.